The number of nitrogens with one attached hydrogen (secondary N) is 2. The molecule has 12 nitrogen and oxygen atoms in total. The fourth-order valence-corrected chi connectivity index (χ4v) is 5.98. The molecule has 0 spiro atoms. The van der Waals surface area contributed by atoms with Crippen LogP contribution in [0.25, 0.3) is 11.6 Å². The zero-order valence-electron chi connectivity index (χ0n) is 24.1. The van der Waals surface area contributed by atoms with Gasteiger partial charge >= 0.3 is 0 Å². The predicted molar refractivity (Wildman–Crippen MR) is 165 cm³/mol. The molecule has 0 aliphatic carbocycles. The summed E-state index contributed by atoms with van der Waals surface area (Å²) >= 11 is 13.0. The number of rotatable bonds is 10. The molecular weight excluding hydrogens is 597 g/mol. The molecule has 1 fully saturated rings. The average molecular weight is 631 g/mol. The van der Waals surface area contributed by atoms with E-state index in [9.17, 15) is 9.59 Å². The number of nitrogens with zero attached hydrogens (tertiary/aromatic N) is 4. The number of halogens is 2. The Hall–Kier alpha value is -4.00. The first-order valence-corrected chi connectivity index (χ1v) is 14.5. The molecule has 1 aromatic carbocycles. The lowest BCUT2D eigenvalue weighted by atomic mass is 10.1. The molecule has 1 saturated heterocycles. The van der Waals surface area contributed by atoms with Crippen LogP contribution >= 0.6 is 23.2 Å². The van der Waals surface area contributed by atoms with E-state index in [-0.39, 0.29) is 45.7 Å². The summed E-state index contributed by atoms with van der Waals surface area (Å²) in [4.78, 5) is 41.9. The standard InChI is InChI=1S/C29H33Cl2N7O5/c1-41-22-17(12-20(30)23(42-2)24(22)43-3)15-38-26-21(25(31)35-29(32)36-26)19(28(38)40)13-18-11-16(14-34-18)27(39)33-7-10-37-8-5-4-6-9-37/h11-14,34H,4-10,15H2,1-3H3,(H,33,39)(H2,32,35,36). The van der Waals surface area contributed by atoms with Crippen molar-refractivity contribution in [3.63, 3.8) is 0 Å². The van der Waals surface area contributed by atoms with E-state index in [0.717, 1.165) is 19.6 Å². The molecule has 0 unspecified atom stereocenters. The summed E-state index contributed by atoms with van der Waals surface area (Å²) in [5, 5.41) is 3.25. The van der Waals surface area contributed by atoms with Crippen LogP contribution in [0.2, 0.25) is 10.2 Å². The first kappa shape index (κ1) is 30.5. The minimum atomic E-state index is -0.410. The third kappa shape index (κ3) is 6.22. The maximum Gasteiger partial charge on any atom is 0.260 e. The lowest BCUT2D eigenvalue weighted by Crippen LogP contribution is -2.37. The van der Waals surface area contributed by atoms with E-state index in [1.54, 1.807) is 24.4 Å². The molecule has 0 bridgehead atoms. The lowest BCUT2D eigenvalue weighted by Gasteiger charge is -2.26. The Labute approximate surface area is 259 Å². The van der Waals surface area contributed by atoms with Crippen LogP contribution < -0.4 is 30.2 Å². The van der Waals surface area contributed by atoms with Gasteiger partial charge in [-0.15, -0.1) is 0 Å². The number of benzene rings is 1. The second kappa shape index (κ2) is 13.1. The number of carbonyl (C=O) groups excluding carboxylic acids is 2. The van der Waals surface area contributed by atoms with Crippen LogP contribution in [0, 0.1) is 0 Å². The summed E-state index contributed by atoms with van der Waals surface area (Å²) in [5.41, 5.74) is 7.96. The van der Waals surface area contributed by atoms with Crippen LogP contribution in [0.4, 0.5) is 11.8 Å². The summed E-state index contributed by atoms with van der Waals surface area (Å²) in [7, 11) is 4.40. The molecule has 14 heteroatoms. The molecule has 0 saturated carbocycles. The third-order valence-corrected chi connectivity index (χ3v) is 8.01. The van der Waals surface area contributed by atoms with Gasteiger partial charge in [0.15, 0.2) is 17.3 Å². The van der Waals surface area contributed by atoms with Crippen molar-refractivity contribution in [1.29, 1.82) is 0 Å². The van der Waals surface area contributed by atoms with Crippen molar-refractivity contribution in [2.24, 2.45) is 0 Å². The van der Waals surface area contributed by atoms with E-state index in [4.69, 9.17) is 43.1 Å². The number of ether oxygens (including phenoxy) is 3. The van der Waals surface area contributed by atoms with Crippen molar-refractivity contribution in [2.45, 2.75) is 25.8 Å². The number of likely N-dealkylation sites (tertiary alicyclic amines) is 1. The average Bonchev–Trinajstić information content (AvgIpc) is 3.56. The van der Waals surface area contributed by atoms with Crippen molar-refractivity contribution in [2.75, 3.05) is 58.1 Å². The van der Waals surface area contributed by atoms with Crippen molar-refractivity contribution in [3.8, 4) is 17.2 Å². The second-order valence-electron chi connectivity index (χ2n) is 10.1. The molecule has 5 rings (SSSR count). The van der Waals surface area contributed by atoms with Crippen LogP contribution in [-0.4, -0.2) is 79.2 Å². The highest BCUT2D eigenvalue weighted by molar-refractivity contribution is 6.41. The predicted octanol–water partition coefficient (Wildman–Crippen LogP) is 4.02. The maximum absolute atomic E-state index is 13.9. The Balaban J connectivity index is 1.42. The van der Waals surface area contributed by atoms with Gasteiger partial charge in [-0.25, -0.2) is 4.98 Å². The number of nitrogen functional groups attached to an aromatic ring is 1. The molecule has 2 aliphatic heterocycles. The number of hydrogen-bond donors (Lipinski definition) is 3. The van der Waals surface area contributed by atoms with E-state index < -0.39 is 5.91 Å². The van der Waals surface area contributed by atoms with Crippen molar-refractivity contribution in [1.82, 2.24) is 25.2 Å². The fourth-order valence-electron chi connectivity index (χ4n) is 5.42. The largest absolute Gasteiger partial charge is 0.492 e. The highest BCUT2D eigenvalue weighted by Gasteiger charge is 2.38. The van der Waals surface area contributed by atoms with Gasteiger partial charge in [-0.3, -0.25) is 14.5 Å². The molecule has 0 radical (unpaired) electrons. The van der Waals surface area contributed by atoms with E-state index in [2.05, 4.69) is 25.2 Å². The van der Waals surface area contributed by atoms with E-state index in [1.165, 1.54) is 45.5 Å². The summed E-state index contributed by atoms with van der Waals surface area (Å²) in [5.74, 6) is 0.433. The number of amides is 2. The number of fused-ring (bicyclic) bond motifs is 1. The van der Waals surface area contributed by atoms with Crippen molar-refractivity contribution in [3.05, 3.63) is 50.9 Å². The molecule has 4 heterocycles. The number of hydrogen-bond acceptors (Lipinski definition) is 9. The number of anilines is 2. The molecule has 43 heavy (non-hydrogen) atoms. The molecule has 2 amide bonds. The summed E-state index contributed by atoms with van der Waals surface area (Å²) < 4.78 is 16.5. The van der Waals surface area contributed by atoms with Crippen LogP contribution in [0.1, 0.15) is 46.4 Å². The molecule has 2 aromatic heterocycles. The van der Waals surface area contributed by atoms with Crippen LogP contribution in [-0.2, 0) is 11.3 Å². The Morgan fingerprint density at radius 3 is 2.49 bits per heavy atom. The monoisotopic (exact) mass is 629 g/mol. The van der Waals surface area contributed by atoms with E-state index >= 15 is 0 Å². The van der Waals surface area contributed by atoms with Crippen molar-refractivity contribution >= 4 is 58.4 Å². The highest BCUT2D eigenvalue weighted by Crippen LogP contribution is 2.47. The fraction of sp³-hybridized carbons (Fsp3) is 0.379. The van der Waals surface area contributed by atoms with E-state index in [1.807, 2.05) is 0 Å². The van der Waals surface area contributed by atoms with Gasteiger partial charge in [-0.2, -0.15) is 4.98 Å². The van der Waals surface area contributed by atoms with E-state index in [0.29, 0.717) is 40.4 Å². The minimum absolute atomic E-state index is 0.00535. The zero-order valence-corrected chi connectivity index (χ0v) is 25.6. The van der Waals surface area contributed by atoms with Gasteiger partial charge in [0.05, 0.1) is 49.6 Å². The number of aromatic nitrogens is 3. The smallest absolute Gasteiger partial charge is 0.260 e. The van der Waals surface area contributed by atoms with Gasteiger partial charge in [-0.1, -0.05) is 29.6 Å². The lowest BCUT2D eigenvalue weighted by molar-refractivity contribution is -0.113. The molecular formula is C29H33Cl2N7O5. The molecule has 228 valence electrons. The van der Waals surface area contributed by atoms with Crippen LogP contribution in [0.3, 0.4) is 0 Å². The van der Waals surface area contributed by atoms with Crippen LogP contribution in [0.5, 0.6) is 17.2 Å². The van der Waals surface area contributed by atoms with Gasteiger partial charge in [0, 0.05) is 30.5 Å². The quantitative estimate of drug-likeness (QED) is 0.223. The normalized spacial score (nSPS) is 16.0. The van der Waals surface area contributed by atoms with Crippen LogP contribution in [0.15, 0.2) is 18.3 Å². The Bertz CT molecular complexity index is 1570. The highest BCUT2D eigenvalue weighted by atomic mass is 35.5. The number of piperidine rings is 1. The number of methoxy groups -OCH3 is 3. The van der Waals surface area contributed by atoms with Crippen molar-refractivity contribution < 1.29 is 23.8 Å². The second-order valence-corrected chi connectivity index (χ2v) is 10.9. The first-order chi connectivity index (χ1) is 20.7. The number of aromatic amines is 1. The zero-order chi connectivity index (χ0) is 30.7. The number of nitrogens with two attached hydrogens (primary N) is 1. The number of H-pyrrole nitrogens is 1. The topological polar surface area (TPSA) is 148 Å². The first-order valence-electron chi connectivity index (χ1n) is 13.8. The molecule has 0 atom stereocenters. The summed E-state index contributed by atoms with van der Waals surface area (Å²) in [6.45, 7) is 3.49. The molecule has 4 N–H and O–H groups in total. The minimum Gasteiger partial charge on any atom is -0.492 e. The Kier molecular flexibility index (Phi) is 9.28. The summed E-state index contributed by atoms with van der Waals surface area (Å²) in [6.07, 6.45) is 6.85. The number of carbonyl (C=O) groups is 2. The SMILES string of the molecule is COc1c(Cl)cc(CN2C(=O)C(=Cc3cc(C(=O)NCCN4CCCCC4)c[nH]3)c3c(Cl)nc(N)nc32)c(OC)c1OC. The van der Waals surface area contributed by atoms with Gasteiger partial charge in [0.2, 0.25) is 11.7 Å². The Morgan fingerprint density at radius 2 is 1.79 bits per heavy atom. The third-order valence-electron chi connectivity index (χ3n) is 7.46. The Morgan fingerprint density at radius 1 is 1.07 bits per heavy atom. The maximum atomic E-state index is 13.9. The van der Waals surface area contributed by atoms with Gasteiger partial charge in [0.1, 0.15) is 5.15 Å². The molecule has 2 aliphatic rings. The molecule has 3 aromatic rings. The van der Waals surface area contributed by atoms with Gasteiger partial charge in [0.25, 0.3) is 11.8 Å². The van der Waals surface area contributed by atoms with Gasteiger partial charge in [-0.05, 0) is 44.1 Å². The van der Waals surface area contributed by atoms with Gasteiger partial charge < -0.3 is 35.1 Å². The summed E-state index contributed by atoms with van der Waals surface area (Å²) in [6, 6.07) is 3.30.